The lowest BCUT2D eigenvalue weighted by molar-refractivity contribution is 0.102. The molecule has 0 atom stereocenters. The molecule has 3 aromatic carbocycles. The van der Waals surface area contributed by atoms with E-state index in [9.17, 15) is 4.79 Å². The minimum absolute atomic E-state index is 0.0837. The molecular weight excluding hydrogens is 270 g/mol. The summed E-state index contributed by atoms with van der Waals surface area (Å²) in [5.41, 5.74) is 2.66. The van der Waals surface area contributed by atoms with E-state index in [0.29, 0.717) is 5.56 Å². The molecule has 1 N–H and O–H groups in total. The summed E-state index contributed by atoms with van der Waals surface area (Å²) in [5.74, 6) is -0.0837. The van der Waals surface area contributed by atoms with Crippen molar-refractivity contribution in [3.05, 3.63) is 77.9 Å². The maximum atomic E-state index is 12.2. The van der Waals surface area contributed by atoms with Gasteiger partial charge in [0.15, 0.2) is 0 Å². The van der Waals surface area contributed by atoms with Crippen molar-refractivity contribution < 1.29 is 4.79 Å². The van der Waals surface area contributed by atoms with Gasteiger partial charge < -0.3 is 5.32 Å². The average Bonchev–Trinajstić information content (AvgIpc) is 2.58. The third-order valence-corrected chi connectivity index (χ3v) is 3.32. The summed E-state index contributed by atoms with van der Waals surface area (Å²) in [6.07, 6.45) is 0. The number of carbonyl (C=O) groups excluding carboxylic acids is 1. The molecule has 2 heteroatoms. The summed E-state index contributed by atoms with van der Waals surface area (Å²) in [6, 6.07) is 21.5. The molecule has 0 aliphatic rings. The molecule has 0 bridgehead atoms. The fourth-order valence-electron chi connectivity index (χ4n) is 2.17. The van der Waals surface area contributed by atoms with Crippen molar-refractivity contribution in [3.8, 4) is 0 Å². The molecule has 0 spiro atoms. The molecule has 1 amide bonds. The van der Waals surface area contributed by atoms with Gasteiger partial charge in [0.2, 0.25) is 0 Å². The van der Waals surface area contributed by atoms with Crippen molar-refractivity contribution in [2.45, 2.75) is 20.8 Å². The predicted molar refractivity (Wildman–Crippen MR) is 94.4 cm³/mol. The van der Waals surface area contributed by atoms with Crippen LogP contribution in [-0.2, 0) is 0 Å². The number of hydrogen-bond donors (Lipinski definition) is 1. The highest BCUT2D eigenvalue weighted by Gasteiger charge is 2.06. The molecule has 0 fully saturated rings. The standard InChI is InChI=1S/C18H15NO.C2H6/c1-13-6-10-17(11-7-13)19-18(20)16-9-8-14-4-2-3-5-15(14)12-16;1-2/h2-12H,1H3,(H,19,20);1-2H3. The first kappa shape index (κ1) is 15.8. The van der Waals surface area contributed by atoms with Crippen molar-refractivity contribution in [1.29, 1.82) is 0 Å². The van der Waals surface area contributed by atoms with Gasteiger partial charge in [-0.1, -0.05) is 61.9 Å². The van der Waals surface area contributed by atoms with Gasteiger partial charge in [0.1, 0.15) is 0 Å². The van der Waals surface area contributed by atoms with E-state index < -0.39 is 0 Å². The minimum Gasteiger partial charge on any atom is -0.322 e. The van der Waals surface area contributed by atoms with Crippen LogP contribution in [0, 0.1) is 6.92 Å². The van der Waals surface area contributed by atoms with Gasteiger partial charge >= 0.3 is 0 Å². The monoisotopic (exact) mass is 291 g/mol. The topological polar surface area (TPSA) is 29.1 Å². The summed E-state index contributed by atoms with van der Waals surface area (Å²) in [6.45, 7) is 6.02. The zero-order chi connectivity index (χ0) is 15.9. The molecule has 0 aliphatic heterocycles. The number of nitrogens with one attached hydrogen (secondary N) is 1. The van der Waals surface area contributed by atoms with Crippen LogP contribution in [0.25, 0.3) is 10.8 Å². The second-order valence-electron chi connectivity index (χ2n) is 4.88. The van der Waals surface area contributed by atoms with Crippen LogP contribution in [0.4, 0.5) is 5.69 Å². The quantitative estimate of drug-likeness (QED) is 0.670. The number of amides is 1. The van der Waals surface area contributed by atoms with Gasteiger partial charge in [-0.3, -0.25) is 4.79 Å². The first-order valence-corrected chi connectivity index (χ1v) is 7.59. The normalized spacial score (nSPS) is 9.77. The zero-order valence-electron chi connectivity index (χ0n) is 13.3. The Balaban J connectivity index is 0.000000847. The third-order valence-electron chi connectivity index (χ3n) is 3.32. The Labute approximate surface area is 131 Å². The third kappa shape index (κ3) is 3.73. The van der Waals surface area contributed by atoms with Gasteiger partial charge in [0, 0.05) is 11.3 Å². The lowest BCUT2D eigenvalue weighted by atomic mass is 10.1. The summed E-state index contributed by atoms with van der Waals surface area (Å²) in [4.78, 5) is 12.2. The first-order chi connectivity index (χ1) is 10.7. The van der Waals surface area contributed by atoms with Gasteiger partial charge in [0.25, 0.3) is 5.91 Å². The fraction of sp³-hybridized carbons (Fsp3) is 0.150. The summed E-state index contributed by atoms with van der Waals surface area (Å²) in [5, 5.41) is 5.12. The Kier molecular flexibility index (Phi) is 5.31. The largest absolute Gasteiger partial charge is 0.322 e. The molecule has 22 heavy (non-hydrogen) atoms. The van der Waals surface area contributed by atoms with Crippen LogP contribution >= 0.6 is 0 Å². The van der Waals surface area contributed by atoms with Crippen molar-refractivity contribution in [2.24, 2.45) is 0 Å². The molecule has 112 valence electrons. The van der Waals surface area contributed by atoms with Crippen molar-refractivity contribution in [3.63, 3.8) is 0 Å². The average molecular weight is 291 g/mol. The molecule has 0 radical (unpaired) electrons. The minimum atomic E-state index is -0.0837. The number of anilines is 1. The molecule has 0 unspecified atom stereocenters. The first-order valence-electron chi connectivity index (χ1n) is 7.59. The maximum Gasteiger partial charge on any atom is 0.255 e. The predicted octanol–water partition coefficient (Wildman–Crippen LogP) is 5.43. The van der Waals surface area contributed by atoms with E-state index in [-0.39, 0.29) is 5.91 Å². The van der Waals surface area contributed by atoms with Crippen molar-refractivity contribution in [2.75, 3.05) is 5.32 Å². The second-order valence-corrected chi connectivity index (χ2v) is 4.88. The van der Waals surface area contributed by atoms with E-state index in [1.807, 2.05) is 87.5 Å². The molecule has 2 nitrogen and oxygen atoms in total. The van der Waals surface area contributed by atoms with Gasteiger partial charge in [-0.2, -0.15) is 0 Å². The highest BCUT2D eigenvalue weighted by molar-refractivity contribution is 6.06. The van der Waals surface area contributed by atoms with Crippen LogP contribution in [0.3, 0.4) is 0 Å². The van der Waals surface area contributed by atoms with E-state index in [0.717, 1.165) is 16.5 Å². The van der Waals surface area contributed by atoms with E-state index in [4.69, 9.17) is 0 Å². The highest BCUT2D eigenvalue weighted by atomic mass is 16.1. The summed E-state index contributed by atoms with van der Waals surface area (Å²) in [7, 11) is 0. The lowest BCUT2D eigenvalue weighted by Crippen LogP contribution is -2.11. The molecule has 0 aromatic heterocycles. The van der Waals surface area contributed by atoms with E-state index >= 15 is 0 Å². The van der Waals surface area contributed by atoms with Crippen LogP contribution in [0.2, 0.25) is 0 Å². The second kappa shape index (κ2) is 7.41. The maximum absolute atomic E-state index is 12.2. The molecule has 3 aromatic rings. The molecule has 0 aliphatic carbocycles. The van der Waals surface area contributed by atoms with Crippen molar-refractivity contribution >= 4 is 22.4 Å². The Hall–Kier alpha value is -2.61. The van der Waals surface area contributed by atoms with E-state index in [1.165, 1.54) is 5.56 Å². The number of fused-ring (bicyclic) bond motifs is 1. The smallest absolute Gasteiger partial charge is 0.255 e. The zero-order valence-corrected chi connectivity index (χ0v) is 13.3. The van der Waals surface area contributed by atoms with Gasteiger partial charge in [0.05, 0.1) is 0 Å². The number of aryl methyl sites for hydroxylation is 1. The number of hydrogen-bond acceptors (Lipinski definition) is 1. The summed E-state index contributed by atoms with van der Waals surface area (Å²) < 4.78 is 0. The van der Waals surface area contributed by atoms with Gasteiger partial charge in [-0.05, 0) is 42.0 Å². The number of benzene rings is 3. The fourth-order valence-corrected chi connectivity index (χ4v) is 2.17. The molecule has 0 saturated heterocycles. The molecular formula is C20H21NO. The Morgan fingerprint density at radius 2 is 1.45 bits per heavy atom. The SMILES string of the molecule is CC.Cc1ccc(NC(=O)c2ccc3ccccc3c2)cc1. The van der Waals surface area contributed by atoms with Gasteiger partial charge in [-0.15, -0.1) is 0 Å². The number of rotatable bonds is 2. The molecule has 3 rings (SSSR count). The molecule has 0 heterocycles. The van der Waals surface area contributed by atoms with Crippen LogP contribution in [0.1, 0.15) is 29.8 Å². The molecule has 0 saturated carbocycles. The lowest BCUT2D eigenvalue weighted by Gasteiger charge is -2.06. The van der Waals surface area contributed by atoms with Gasteiger partial charge in [-0.25, -0.2) is 0 Å². The van der Waals surface area contributed by atoms with Crippen LogP contribution < -0.4 is 5.32 Å². The summed E-state index contributed by atoms with van der Waals surface area (Å²) >= 11 is 0. The highest BCUT2D eigenvalue weighted by Crippen LogP contribution is 2.17. The Morgan fingerprint density at radius 3 is 2.14 bits per heavy atom. The Bertz CT molecular complexity index is 760. The van der Waals surface area contributed by atoms with E-state index in [2.05, 4.69) is 5.32 Å². The van der Waals surface area contributed by atoms with E-state index in [1.54, 1.807) is 0 Å². The van der Waals surface area contributed by atoms with Crippen LogP contribution in [0.5, 0.6) is 0 Å². The Morgan fingerprint density at radius 1 is 0.818 bits per heavy atom. The van der Waals surface area contributed by atoms with Crippen molar-refractivity contribution in [1.82, 2.24) is 0 Å². The van der Waals surface area contributed by atoms with Crippen LogP contribution in [-0.4, -0.2) is 5.91 Å². The van der Waals surface area contributed by atoms with Crippen LogP contribution in [0.15, 0.2) is 66.7 Å². The number of carbonyl (C=O) groups is 1.